The number of carbonyl (C=O) groups is 2. The molecule has 1 aromatic carbocycles. The van der Waals surface area contributed by atoms with E-state index < -0.39 is 18.1 Å². The Hall–Kier alpha value is -2.38. The molecule has 25 heavy (non-hydrogen) atoms. The molecule has 2 rings (SSSR count). The number of allylic oxidation sites excluding steroid dienone is 1. The normalized spacial score (nSPS) is 17.8. The van der Waals surface area contributed by atoms with Crippen LogP contribution in [-0.2, 0) is 20.9 Å². The lowest BCUT2D eigenvalue weighted by Gasteiger charge is -2.39. The molecule has 7 heteroatoms. The predicted octanol–water partition coefficient (Wildman–Crippen LogP) is 1.34. The van der Waals surface area contributed by atoms with E-state index >= 15 is 0 Å². The number of carbonyl (C=O) groups excluding carboxylic acids is 2. The number of nitrogens with two attached hydrogens (primary N) is 1. The monoisotopic (exact) mass is 347 g/mol. The molecule has 7 nitrogen and oxygen atoms in total. The average Bonchev–Trinajstić information content (AvgIpc) is 2.60. The second-order valence-corrected chi connectivity index (χ2v) is 5.96. The van der Waals surface area contributed by atoms with Gasteiger partial charge in [0.2, 0.25) is 0 Å². The van der Waals surface area contributed by atoms with E-state index in [0.29, 0.717) is 38.5 Å². The Balaban J connectivity index is 2.02. The van der Waals surface area contributed by atoms with Gasteiger partial charge in [0.25, 0.3) is 0 Å². The van der Waals surface area contributed by atoms with Crippen molar-refractivity contribution in [2.45, 2.75) is 19.6 Å². The van der Waals surface area contributed by atoms with E-state index in [-0.39, 0.29) is 6.61 Å². The van der Waals surface area contributed by atoms with Gasteiger partial charge in [-0.05, 0) is 12.5 Å². The van der Waals surface area contributed by atoms with Crippen molar-refractivity contribution in [2.24, 2.45) is 5.73 Å². The van der Waals surface area contributed by atoms with Gasteiger partial charge in [-0.2, -0.15) is 0 Å². The van der Waals surface area contributed by atoms with Crippen molar-refractivity contribution in [3.05, 3.63) is 48.2 Å². The van der Waals surface area contributed by atoms with Gasteiger partial charge in [0.05, 0.1) is 5.76 Å². The maximum Gasteiger partial charge on any atom is 0.410 e. The first-order valence-corrected chi connectivity index (χ1v) is 8.28. The van der Waals surface area contributed by atoms with Crippen molar-refractivity contribution in [1.29, 1.82) is 0 Å². The Labute approximate surface area is 148 Å². The predicted molar refractivity (Wildman–Crippen MR) is 93.5 cm³/mol. The molecular weight excluding hydrogens is 322 g/mol. The van der Waals surface area contributed by atoms with Crippen LogP contribution in [0.15, 0.2) is 42.7 Å². The topological polar surface area (TPSA) is 85.1 Å². The first-order chi connectivity index (χ1) is 12.0. The van der Waals surface area contributed by atoms with Crippen LogP contribution >= 0.6 is 0 Å². The number of benzene rings is 1. The van der Waals surface area contributed by atoms with Gasteiger partial charge in [0.1, 0.15) is 12.6 Å². The lowest BCUT2D eigenvalue weighted by Crippen LogP contribution is -2.59. The largest absolute Gasteiger partial charge is 0.445 e. The zero-order valence-electron chi connectivity index (χ0n) is 14.5. The minimum absolute atomic E-state index is 0.158. The Kier molecular flexibility index (Phi) is 6.97. The summed E-state index contributed by atoms with van der Waals surface area (Å²) in [6.07, 6.45) is -0.528. The van der Waals surface area contributed by atoms with Crippen molar-refractivity contribution < 1.29 is 19.1 Å². The first-order valence-electron chi connectivity index (χ1n) is 8.28. The highest BCUT2D eigenvalue weighted by Crippen LogP contribution is 2.15. The third kappa shape index (κ3) is 5.58. The molecule has 1 unspecified atom stereocenters. The number of piperazine rings is 1. The van der Waals surface area contributed by atoms with E-state index in [1.807, 2.05) is 35.2 Å². The van der Waals surface area contributed by atoms with E-state index in [2.05, 4.69) is 6.58 Å². The third-order valence-electron chi connectivity index (χ3n) is 3.90. The molecule has 1 fully saturated rings. The van der Waals surface area contributed by atoms with Crippen LogP contribution in [0.25, 0.3) is 0 Å². The molecule has 0 bridgehead atoms. The summed E-state index contributed by atoms with van der Waals surface area (Å²) in [5, 5.41) is 0. The average molecular weight is 347 g/mol. The van der Waals surface area contributed by atoms with Gasteiger partial charge in [-0.15, -0.1) is 0 Å². The summed E-state index contributed by atoms with van der Waals surface area (Å²) in [7, 11) is 0. The summed E-state index contributed by atoms with van der Waals surface area (Å²) < 4.78 is 10.5. The molecular formula is C18H25N3O4. The zero-order valence-corrected chi connectivity index (χ0v) is 14.5. The number of hydrogen-bond acceptors (Lipinski definition) is 6. The molecule has 0 aliphatic carbocycles. The van der Waals surface area contributed by atoms with Gasteiger partial charge in [-0.1, -0.05) is 36.9 Å². The van der Waals surface area contributed by atoms with Crippen molar-refractivity contribution in [3.63, 3.8) is 0 Å². The van der Waals surface area contributed by atoms with E-state index in [4.69, 9.17) is 15.2 Å². The maximum atomic E-state index is 12.5. The lowest BCUT2D eigenvalue weighted by molar-refractivity contribution is -0.147. The number of rotatable bonds is 6. The molecule has 1 saturated heterocycles. The van der Waals surface area contributed by atoms with Crippen LogP contribution in [0, 0.1) is 0 Å². The molecule has 0 spiro atoms. The fourth-order valence-electron chi connectivity index (χ4n) is 2.69. The van der Waals surface area contributed by atoms with Gasteiger partial charge in [-0.25, -0.2) is 9.59 Å². The summed E-state index contributed by atoms with van der Waals surface area (Å²) in [5.41, 5.74) is 6.48. The molecule has 2 N–H and O–H groups in total. The van der Waals surface area contributed by atoms with Crippen LogP contribution in [0.5, 0.6) is 0 Å². The number of amides is 1. The van der Waals surface area contributed by atoms with E-state index in [1.54, 1.807) is 6.92 Å². The van der Waals surface area contributed by atoms with Crippen molar-refractivity contribution in [2.75, 3.05) is 32.7 Å². The fraction of sp³-hybridized carbons (Fsp3) is 0.444. The Morgan fingerprint density at radius 2 is 2.00 bits per heavy atom. The van der Waals surface area contributed by atoms with Gasteiger partial charge < -0.3 is 15.2 Å². The molecule has 1 heterocycles. The van der Waals surface area contributed by atoms with Gasteiger partial charge in [-0.3, -0.25) is 9.80 Å². The Morgan fingerprint density at radius 3 is 2.64 bits per heavy atom. The number of hydrogen-bond donors (Lipinski definition) is 1. The van der Waals surface area contributed by atoms with Crippen LogP contribution < -0.4 is 5.73 Å². The zero-order chi connectivity index (χ0) is 18.2. The van der Waals surface area contributed by atoms with Crippen LogP contribution in [-0.4, -0.2) is 60.6 Å². The highest BCUT2D eigenvalue weighted by atomic mass is 16.6. The molecule has 0 aromatic heterocycles. The first kappa shape index (κ1) is 19.0. The number of nitrogens with zero attached hydrogens (tertiary/aromatic N) is 2. The lowest BCUT2D eigenvalue weighted by atomic mass is 10.1. The minimum Gasteiger partial charge on any atom is -0.445 e. The highest BCUT2D eigenvalue weighted by Gasteiger charge is 2.37. The summed E-state index contributed by atoms with van der Waals surface area (Å²) in [6.45, 7) is 7.85. The molecule has 1 atom stereocenters. The number of ether oxygens (including phenoxy) is 2. The number of esters is 1. The molecule has 1 aromatic rings. The van der Waals surface area contributed by atoms with Crippen LogP contribution in [0.4, 0.5) is 4.79 Å². The van der Waals surface area contributed by atoms with Gasteiger partial charge in [0.15, 0.2) is 0 Å². The van der Waals surface area contributed by atoms with E-state index in [1.165, 1.54) is 4.90 Å². The molecule has 0 saturated carbocycles. The van der Waals surface area contributed by atoms with Crippen LogP contribution in [0.1, 0.15) is 12.5 Å². The van der Waals surface area contributed by atoms with Crippen molar-refractivity contribution >= 4 is 12.1 Å². The SMILES string of the molecule is C=C(C)OC(=O)C1CN(CCN)CCN1C(=O)OCc1ccccc1. The molecule has 0 radical (unpaired) electrons. The maximum absolute atomic E-state index is 12.5. The highest BCUT2D eigenvalue weighted by molar-refractivity contribution is 5.82. The van der Waals surface area contributed by atoms with E-state index in [0.717, 1.165) is 5.56 Å². The summed E-state index contributed by atoms with van der Waals surface area (Å²) in [5.74, 6) is -0.218. The third-order valence-corrected chi connectivity index (χ3v) is 3.90. The van der Waals surface area contributed by atoms with E-state index in [9.17, 15) is 9.59 Å². The Morgan fingerprint density at radius 1 is 1.28 bits per heavy atom. The fourth-order valence-corrected chi connectivity index (χ4v) is 2.69. The second kappa shape index (κ2) is 9.19. The molecule has 1 aliphatic rings. The van der Waals surface area contributed by atoms with Crippen LogP contribution in [0.2, 0.25) is 0 Å². The standard InChI is InChI=1S/C18H25N3O4/c1-14(2)25-17(22)16-12-20(9-8-19)10-11-21(16)18(23)24-13-15-6-4-3-5-7-15/h3-7,16H,1,8-13,19H2,2H3. The van der Waals surface area contributed by atoms with Crippen molar-refractivity contribution in [3.8, 4) is 0 Å². The summed E-state index contributed by atoms with van der Waals surface area (Å²) in [6, 6.07) is 8.66. The molecule has 1 aliphatic heterocycles. The Bertz CT molecular complexity index is 606. The van der Waals surface area contributed by atoms with Gasteiger partial charge >= 0.3 is 12.1 Å². The second-order valence-electron chi connectivity index (χ2n) is 5.96. The summed E-state index contributed by atoms with van der Waals surface area (Å²) in [4.78, 5) is 28.3. The molecule has 136 valence electrons. The smallest absolute Gasteiger partial charge is 0.410 e. The minimum atomic E-state index is -0.736. The van der Waals surface area contributed by atoms with Crippen molar-refractivity contribution in [1.82, 2.24) is 9.80 Å². The quantitative estimate of drug-likeness (QED) is 0.617. The molecule has 1 amide bonds. The summed E-state index contributed by atoms with van der Waals surface area (Å²) >= 11 is 0. The van der Waals surface area contributed by atoms with Crippen LogP contribution in [0.3, 0.4) is 0 Å². The van der Waals surface area contributed by atoms with Gasteiger partial charge in [0, 0.05) is 32.7 Å².